The van der Waals surface area contributed by atoms with E-state index in [1.165, 1.54) is 35.3 Å². The van der Waals surface area contributed by atoms with Crippen molar-refractivity contribution in [3.63, 3.8) is 0 Å². The van der Waals surface area contributed by atoms with E-state index in [1.54, 1.807) is 42.5 Å². The van der Waals surface area contributed by atoms with E-state index in [0.29, 0.717) is 109 Å². The van der Waals surface area contributed by atoms with Crippen LogP contribution in [0, 0.1) is 27.7 Å². The number of halogens is 5. The third kappa shape index (κ3) is 19.6. The molecule has 0 atom stereocenters. The number of benzene rings is 6. The average molecular weight is 1580 g/mol. The van der Waals surface area contributed by atoms with Crippen LogP contribution < -0.4 is 46.6 Å². The summed E-state index contributed by atoms with van der Waals surface area (Å²) < 4.78 is 0. The fraction of sp³-hybridized carbons (Fsp3) is 0.178. The molecule has 0 spiro atoms. The van der Waals surface area contributed by atoms with Gasteiger partial charge >= 0.3 is 0 Å². The Kier molecular flexibility index (Phi) is 23.6. The minimum Gasteiger partial charge on any atom is -0.356 e. The van der Waals surface area contributed by atoms with Gasteiger partial charge in [0.25, 0.3) is 17.7 Å². The summed E-state index contributed by atoms with van der Waals surface area (Å²) in [6.45, 7) is 13.6. The van der Waals surface area contributed by atoms with E-state index in [-0.39, 0.29) is 30.6 Å². The van der Waals surface area contributed by atoms with Crippen LogP contribution in [0.4, 0.5) is 69.4 Å². The van der Waals surface area contributed by atoms with E-state index in [4.69, 9.17) is 73.0 Å². The minimum absolute atomic E-state index is 0. The van der Waals surface area contributed by atoms with Gasteiger partial charge in [0.1, 0.15) is 34.9 Å². The van der Waals surface area contributed by atoms with Crippen molar-refractivity contribution in [2.75, 3.05) is 85.9 Å². The lowest BCUT2D eigenvalue weighted by Gasteiger charge is -2.32. The molecular weight excluding hydrogens is 1490 g/mol. The number of H-pyrrole nitrogens is 3. The van der Waals surface area contributed by atoms with Crippen molar-refractivity contribution in [3.05, 3.63) is 228 Å². The molecule has 3 fully saturated rings. The van der Waals surface area contributed by atoms with Crippen molar-refractivity contribution in [3.8, 4) is 0 Å². The number of carbonyl (C=O) groups is 3. The first-order valence-corrected chi connectivity index (χ1v) is 37.4. The summed E-state index contributed by atoms with van der Waals surface area (Å²) in [5.74, 6) is 5.94. The number of aromatic amines is 3. The highest BCUT2D eigenvalue weighted by Crippen LogP contribution is 2.36. The molecule has 15 rings (SSSR count). The van der Waals surface area contributed by atoms with Crippen molar-refractivity contribution < 1.29 is 27.2 Å². The lowest BCUT2D eigenvalue weighted by atomic mass is 10.1. The van der Waals surface area contributed by atoms with Gasteiger partial charge in [-0.3, -0.25) is 29.7 Å². The number of anilines is 12. The number of nitrogens with one attached hydrogen (secondary N) is 9. The quantitative estimate of drug-likeness (QED) is 0.0302. The van der Waals surface area contributed by atoms with Crippen LogP contribution in [0.3, 0.4) is 0 Å². The molecule has 3 aliphatic heterocycles. The molecule has 6 aromatic heterocycles. The summed E-state index contributed by atoms with van der Waals surface area (Å²) >= 11 is 34.8. The van der Waals surface area contributed by atoms with Gasteiger partial charge in [0, 0.05) is 147 Å². The van der Waals surface area contributed by atoms with Crippen LogP contribution >= 0.6 is 93.3 Å². The first-order chi connectivity index (χ1) is 50.8. The molecule has 0 unspecified atom stereocenters. The Labute approximate surface area is 655 Å². The Hall–Kier alpha value is -10.1. The standard InChI is InChI=1S/C25H24ClN7OS.2C24H21Cl2N7OS.9H2/c1-15-5-3-6-19(23(15)26)24(34)27-17-7-9-18(10-8-17)35-25-29-20(28-21-13-16(2)31-32-21)14-22(30-25)33-11-4-12-33;1-14-11-21(32-31-14)28-20-13-22(33-9-2-10-33)30-24(29-20)35-17-6-4-16(5-7-17)27-23(34)18-12-15(25)3-8-19(18)26;1-14-11-21(32-31-14)28-20-13-22(33-9-2-10-33)30-24(29-20)35-17-6-4-16(5-7-17)27-23(34)18-8-3-15(25)12-19(18)26;;;;;;;;;/h3,5-10,13-14H,4,11-12H2,1-2H3,(H,27,34)(H2,28,29,30,31,32);2*3-8,11-13H,2,9-10H2,1H3,(H,27,34)(H2,28,29,30,31,32);9*1H. The molecule has 9 N–H and O–H groups in total. The Morgan fingerprint density at radius 1 is 0.381 bits per heavy atom. The zero-order valence-electron chi connectivity index (χ0n) is 56.7. The van der Waals surface area contributed by atoms with Gasteiger partial charge < -0.3 is 46.6 Å². The first kappa shape index (κ1) is 73.2. The summed E-state index contributed by atoms with van der Waals surface area (Å²) in [6, 6.07) is 49.1. The van der Waals surface area contributed by atoms with E-state index in [2.05, 4.69) is 92.1 Å². The van der Waals surface area contributed by atoms with Gasteiger partial charge in [0.15, 0.2) is 32.9 Å². The third-order valence-corrected chi connectivity index (χ3v) is 20.5. The van der Waals surface area contributed by atoms with Gasteiger partial charge in [-0.25, -0.2) is 29.9 Å². The molecule has 24 nitrogen and oxygen atoms in total. The van der Waals surface area contributed by atoms with E-state index in [0.717, 1.165) is 113 Å². The number of nitrogens with zero attached hydrogens (tertiary/aromatic N) is 12. The molecule has 105 heavy (non-hydrogen) atoms. The van der Waals surface area contributed by atoms with Crippen LogP contribution in [0.2, 0.25) is 25.1 Å². The molecule has 0 saturated carbocycles. The van der Waals surface area contributed by atoms with E-state index in [9.17, 15) is 14.4 Å². The number of aromatic nitrogens is 12. The van der Waals surface area contributed by atoms with Gasteiger partial charge in [-0.2, -0.15) is 15.3 Å². The molecule has 0 aliphatic carbocycles. The van der Waals surface area contributed by atoms with E-state index < -0.39 is 0 Å². The molecule has 9 heterocycles. The lowest BCUT2D eigenvalue weighted by molar-refractivity contribution is 0.101. The van der Waals surface area contributed by atoms with E-state index in [1.807, 2.05) is 149 Å². The number of hydrogen-bond donors (Lipinski definition) is 9. The second-order valence-electron chi connectivity index (χ2n) is 24.3. The molecular formula is C73H84Cl5N21O3S3. The predicted octanol–water partition coefficient (Wildman–Crippen LogP) is 20.4. The van der Waals surface area contributed by atoms with Crippen LogP contribution in [0.25, 0.3) is 0 Å². The van der Waals surface area contributed by atoms with Crippen LogP contribution in [0.1, 0.15) is 85.8 Å². The average Bonchev–Trinajstić information content (AvgIpc) is 1.16. The first-order valence-electron chi connectivity index (χ1n) is 33.0. The molecule has 0 radical (unpaired) electrons. The highest BCUT2D eigenvalue weighted by atomic mass is 35.5. The van der Waals surface area contributed by atoms with Crippen molar-refractivity contribution in [2.24, 2.45) is 0 Å². The lowest BCUT2D eigenvalue weighted by Crippen LogP contribution is -2.37. The molecule has 3 saturated heterocycles. The summed E-state index contributed by atoms with van der Waals surface area (Å²) in [5.41, 5.74) is 6.86. The number of carbonyl (C=O) groups excluding carboxylic acids is 3. The second kappa shape index (κ2) is 33.8. The zero-order valence-corrected chi connectivity index (χ0v) is 62.9. The Morgan fingerprint density at radius 3 is 1.10 bits per heavy atom. The Morgan fingerprint density at radius 2 is 0.743 bits per heavy atom. The Balaban J connectivity index is 0.000000347. The second-order valence-corrected chi connectivity index (χ2v) is 29.5. The maximum atomic E-state index is 12.6. The van der Waals surface area contributed by atoms with Crippen molar-refractivity contribution in [2.45, 2.75) is 77.1 Å². The van der Waals surface area contributed by atoms with Crippen molar-refractivity contribution >= 4 is 180 Å². The third-order valence-electron chi connectivity index (χ3n) is 16.3. The number of rotatable bonds is 21. The molecule has 12 aromatic rings. The maximum Gasteiger partial charge on any atom is 0.257 e. The highest BCUT2D eigenvalue weighted by Gasteiger charge is 2.23. The fourth-order valence-electron chi connectivity index (χ4n) is 10.4. The van der Waals surface area contributed by atoms with Crippen LogP contribution in [0.15, 0.2) is 194 Å². The normalized spacial score (nSPS) is 12.8. The number of amides is 3. The van der Waals surface area contributed by atoms with Crippen LogP contribution in [-0.4, -0.2) is 117 Å². The Bertz CT molecular complexity index is 5000. The summed E-state index contributed by atoms with van der Waals surface area (Å²) in [5, 5.41) is 43.7. The topological polar surface area (TPSA) is 296 Å². The number of hydrogen-bond acceptors (Lipinski definition) is 21. The van der Waals surface area contributed by atoms with Crippen molar-refractivity contribution in [1.29, 1.82) is 0 Å². The zero-order chi connectivity index (χ0) is 73.1. The summed E-state index contributed by atoms with van der Waals surface area (Å²) in [6.07, 6.45) is 3.47. The smallest absolute Gasteiger partial charge is 0.257 e. The maximum absolute atomic E-state index is 12.6. The SMILES string of the molecule is Cc1cc(Nc2cc(N3CCC3)nc(Sc3ccc(NC(=O)c4cc(Cl)ccc4Cl)cc3)n2)n[nH]1.Cc1cc(Nc2cc(N3CCC3)nc(Sc3ccc(NC(=O)c4ccc(Cl)cc4Cl)cc3)n2)n[nH]1.Cc1cc(Nc2cc(N3CCC3)nc(Sc3ccc(NC(=O)c4cccc(C)c4Cl)cc3)n2)n[nH]1.[HH].[HH].[HH].[HH].[HH].[HH].[HH].[HH].[HH]. The summed E-state index contributed by atoms with van der Waals surface area (Å²) in [7, 11) is 0. The van der Waals surface area contributed by atoms with E-state index >= 15 is 0 Å². The monoisotopic (exact) mass is 1570 g/mol. The fourth-order valence-corrected chi connectivity index (χ4v) is 13.8. The molecule has 0 bridgehead atoms. The largest absolute Gasteiger partial charge is 0.356 e. The summed E-state index contributed by atoms with van der Waals surface area (Å²) in [4.78, 5) is 75.5. The van der Waals surface area contributed by atoms with Gasteiger partial charge in [0.2, 0.25) is 0 Å². The predicted molar refractivity (Wildman–Crippen MR) is 440 cm³/mol. The van der Waals surface area contributed by atoms with Gasteiger partial charge in [-0.15, -0.1) is 0 Å². The molecule has 3 aliphatic rings. The van der Waals surface area contributed by atoms with Crippen LogP contribution in [0.5, 0.6) is 0 Å². The molecule has 6 aromatic carbocycles. The van der Waals surface area contributed by atoms with Gasteiger partial charge in [0.05, 0.1) is 31.8 Å². The minimum atomic E-state index is -0.326. The number of aryl methyl sites for hydroxylation is 4. The van der Waals surface area contributed by atoms with Crippen LogP contribution in [-0.2, 0) is 0 Å². The van der Waals surface area contributed by atoms with Gasteiger partial charge in [-0.05, 0) is 203 Å². The highest BCUT2D eigenvalue weighted by molar-refractivity contribution is 7.99. The van der Waals surface area contributed by atoms with Crippen molar-refractivity contribution in [1.82, 2.24) is 60.5 Å². The van der Waals surface area contributed by atoms with Gasteiger partial charge in [-0.1, -0.05) is 70.1 Å². The molecule has 3 amide bonds. The molecule has 32 heteroatoms. The molecule has 552 valence electrons.